The Bertz CT molecular complexity index is 1030. The molecule has 9 nitrogen and oxygen atoms in total. The molecule has 0 radical (unpaired) electrons. The third kappa shape index (κ3) is 5.13. The van der Waals surface area contributed by atoms with Crippen molar-refractivity contribution in [2.24, 2.45) is 0 Å². The number of nitrogens with zero attached hydrogens (tertiary/aromatic N) is 2. The fourth-order valence-electron chi connectivity index (χ4n) is 2.94. The maximum Gasteiger partial charge on any atom is 0.328 e. The van der Waals surface area contributed by atoms with Crippen LogP contribution in [0.3, 0.4) is 0 Å². The molecule has 142 valence electrons. The van der Waals surface area contributed by atoms with Gasteiger partial charge in [0.15, 0.2) is 16.6 Å². The van der Waals surface area contributed by atoms with Crippen molar-refractivity contribution in [3.05, 3.63) is 65.7 Å². The minimum absolute atomic E-state index is 0.387. The predicted octanol–water partition coefficient (Wildman–Crippen LogP) is -0.0996. The number of aromatic amines is 2. The quantitative estimate of drug-likeness (QED) is 0.661. The van der Waals surface area contributed by atoms with Crippen LogP contribution in [-0.2, 0) is 16.5 Å². The van der Waals surface area contributed by atoms with Gasteiger partial charge in [-0.05, 0) is 33.1 Å². The maximum absolute atomic E-state index is 12.0. The highest BCUT2D eigenvalue weighted by molar-refractivity contribution is 6.83. The summed E-state index contributed by atoms with van der Waals surface area (Å²) in [6, 6.07) is 1.30. The SMILES string of the molecule is Cc1cn(C[Si](C)(C)O[Si](C)(C)Cn2ccc(=O)[nH]c2=O)c(=O)[nH]c1=O. The zero-order valence-corrected chi connectivity index (χ0v) is 17.6. The molecule has 0 unspecified atom stereocenters. The molecule has 0 aliphatic carbocycles. The third-order valence-corrected chi connectivity index (χ3v) is 10.4. The van der Waals surface area contributed by atoms with E-state index in [4.69, 9.17) is 4.12 Å². The first-order valence-electron chi connectivity index (χ1n) is 8.19. The van der Waals surface area contributed by atoms with Crippen molar-refractivity contribution >= 4 is 16.6 Å². The average molecular weight is 397 g/mol. The molecular weight excluding hydrogens is 372 g/mol. The summed E-state index contributed by atoms with van der Waals surface area (Å²) >= 11 is 0. The largest absolute Gasteiger partial charge is 0.453 e. The van der Waals surface area contributed by atoms with Gasteiger partial charge in [-0.25, -0.2) is 9.59 Å². The van der Waals surface area contributed by atoms with Gasteiger partial charge in [-0.15, -0.1) is 0 Å². The van der Waals surface area contributed by atoms with Gasteiger partial charge in [0, 0.05) is 36.4 Å². The van der Waals surface area contributed by atoms with Gasteiger partial charge in [-0.3, -0.25) is 19.6 Å². The van der Waals surface area contributed by atoms with Crippen molar-refractivity contribution in [3.63, 3.8) is 0 Å². The topological polar surface area (TPSA) is 119 Å². The molecule has 0 spiro atoms. The van der Waals surface area contributed by atoms with Crippen molar-refractivity contribution in [1.29, 1.82) is 0 Å². The molecule has 0 fully saturated rings. The third-order valence-electron chi connectivity index (χ3n) is 3.74. The Balaban J connectivity index is 2.20. The van der Waals surface area contributed by atoms with Gasteiger partial charge in [0.05, 0.1) is 0 Å². The standard InChI is InChI=1S/C15H24N4O5Si2/c1-11-8-19(15(23)17-13(11)21)10-26(4,5)24-25(2,3)9-18-7-6-12(20)16-14(18)22/h6-8H,9-10H2,1-5H3,(H,16,20,22)(H,17,21,23). The van der Waals surface area contributed by atoms with Crippen LogP contribution < -0.4 is 22.5 Å². The summed E-state index contributed by atoms with van der Waals surface area (Å²) in [5.41, 5.74) is -1.28. The second kappa shape index (κ2) is 7.17. The van der Waals surface area contributed by atoms with E-state index in [2.05, 4.69) is 9.97 Å². The molecule has 0 bridgehead atoms. The minimum Gasteiger partial charge on any atom is -0.453 e. The Labute approximate surface area is 151 Å². The lowest BCUT2D eigenvalue weighted by atomic mass is 10.4. The molecule has 0 aliphatic rings. The van der Waals surface area contributed by atoms with Crippen molar-refractivity contribution in [2.45, 2.75) is 45.4 Å². The number of nitrogens with one attached hydrogen (secondary N) is 2. The molecule has 0 aliphatic heterocycles. The van der Waals surface area contributed by atoms with E-state index in [0.29, 0.717) is 17.9 Å². The van der Waals surface area contributed by atoms with Crippen LogP contribution in [0.5, 0.6) is 0 Å². The van der Waals surface area contributed by atoms with Crippen LogP contribution in [0, 0.1) is 6.92 Å². The van der Waals surface area contributed by atoms with Crippen LogP contribution in [0.2, 0.25) is 26.2 Å². The molecule has 11 heteroatoms. The highest BCUT2D eigenvalue weighted by atomic mass is 28.4. The van der Waals surface area contributed by atoms with Crippen molar-refractivity contribution in [3.8, 4) is 0 Å². The average Bonchev–Trinajstić information content (AvgIpc) is 2.46. The maximum atomic E-state index is 12.0. The second-order valence-corrected chi connectivity index (χ2v) is 16.0. The van der Waals surface area contributed by atoms with E-state index >= 15 is 0 Å². The number of rotatable bonds is 6. The molecule has 2 heterocycles. The van der Waals surface area contributed by atoms with E-state index in [9.17, 15) is 19.2 Å². The monoisotopic (exact) mass is 396 g/mol. The van der Waals surface area contributed by atoms with Crippen LogP contribution in [0.1, 0.15) is 5.56 Å². The molecule has 0 atom stereocenters. The molecule has 0 saturated heterocycles. The first kappa shape index (κ1) is 20.1. The fourth-order valence-corrected chi connectivity index (χ4v) is 11.6. The smallest absolute Gasteiger partial charge is 0.328 e. The van der Waals surface area contributed by atoms with Crippen molar-refractivity contribution in [1.82, 2.24) is 19.1 Å². The van der Waals surface area contributed by atoms with Gasteiger partial charge in [0.1, 0.15) is 0 Å². The first-order valence-corrected chi connectivity index (χ1v) is 14.4. The molecule has 0 saturated carbocycles. The summed E-state index contributed by atoms with van der Waals surface area (Å²) in [5, 5.41) is 0. The second-order valence-electron chi connectivity index (χ2n) is 7.56. The number of aromatic nitrogens is 4. The Morgan fingerprint density at radius 3 is 2.04 bits per heavy atom. The minimum atomic E-state index is -2.32. The van der Waals surface area contributed by atoms with E-state index in [1.54, 1.807) is 13.1 Å². The molecule has 2 rings (SSSR count). The van der Waals surface area contributed by atoms with Crippen molar-refractivity contribution in [2.75, 3.05) is 0 Å². The molecule has 26 heavy (non-hydrogen) atoms. The first-order chi connectivity index (χ1) is 11.9. The van der Waals surface area contributed by atoms with Gasteiger partial charge < -0.3 is 13.2 Å². The Hall–Kier alpha value is -2.25. The van der Waals surface area contributed by atoms with Gasteiger partial charge in [0.2, 0.25) is 0 Å². The van der Waals surface area contributed by atoms with Crippen LogP contribution in [0.15, 0.2) is 37.6 Å². The lowest BCUT2D eigenvalue weighted by Crippen LogP contribution is -2.52. The van der Waals surface area contributed by atoms with Gasteiger partial charge in [-0.2, -0.15) is 0 Å². The number of hydrogen-bond donors (Lipinski definition) is 2. The lowest BCUT2D eigenvalue weighted by Gasteiger charge is -2.34. The number of hydrogen-bond acceptors (Lipinski definition) is 5. The summed E-state index contributed by atoms with van der Waals surface area (Å²) in [6.45, 7) is 9.60. The summed E-state index contributed by atoms with van der Waals surface area (Å²) in [4.78, 5) is 51.1. The van der Waals surface area contributed by atoms with Crippen LogP contribution >= 0.6 is 0 Å². The molecule has 2 aromatic rings. The highest BCUT2D eigenvalue weighted by Gasteiger charge is 2.34. The molecule has 2 N–H and O–H groups in total. The summed E-state index contributed by atoms with van der Waals surface area (Å²) < 4.78 is 9.33. The predicted molar refractivity (Wildman–Crippen MR) is 103 cm³/mol. The Morgan fingerprint density at radius 2 is 1.46 bits per heavy atom. The molecular formula is C15H24N4O5Si2. The number of aryl methyl sites for hydroxylation is 1. The zero-order valence-electron chi connectivity index (χ0n) is 15.6. The highest BCUT2D eigenvalue weighted by Crippen LogP contribution is 2.17. The van der Waals surface area contributed by atoms with Crippen LogP contribution in [0.25, 0.3) is 0 Å². The fraction of sp³-hybridized carbons (Fsp3) is 0.467. The van der Waals surface area contributed by atoms with E-state index < -0.39 is 39.1 Å². The Morgan fingerprint density at radius 1 is 0.923 bits per heavy atom. The molecule has 2 aromatic heterocycles. The number of H-pyrrole nitrogens is 2. The van der Waals surface area contributed by atoms with Crippen molar-refractivity contribution < 1.29 is 4.12 Å². The lowest BCUT2D eigenvalue weighted by molar-refractivity contribution is 0.500. The molecule has 0 aromatic carbocycles. The van der Waals surface area contributed by atoms with Gasteiger partial charge in [-0.1, -0.05) is 0 Å². The van der Waals surface area contributed by atoms with Crippen LogP contribution in [0.4, 0.5) is 0 Å². The Kier molecular flexibility index (Phi) is 5.53. The summed E-state index contributed by atoms with van der Waals surface area (Å²) in [6.07, 6.45) is 3.78. The van der Waals surface area contributed by atoms with Gasteiger partial charge in [0.25, 0.3) is 11.1 Å². The van der Waals surface area contributed by atoms with E-state index in [1.165, 1.54) is 21.4 Å². The summed E-state index contributed by atoms with van der Waals surface area (Å²) in [5.74, 6) is 0. The van der Waals surface area contributed by atoms with Crippen LogP contribution in [-0.4, -0.2) is 35.7 Å². The van der Waals surface area contributed by atoms with E-state index in [1.807, 2.05) is 26.2 Å². The normalized spacial score (nSPS) is 12.3. The zero-order chi connectivity index (χ0) is 19.7. The van der Waals surface area contributed by atoms with E-state index in [0.717, 1.165) is 0 Å². The van der Waals surface area contributed by atoms with Gasteiger partial charge >= 0.3 is 11.4 Å². The van der Waals surface area contributed by atoms with E-state index in [-0.39, 0.29) is 0 Å². The summed E-state index contributed by atoms with van der Waals surface area (Å²) in [7, 11) is -4.63. The molecule has 0 amide bonds.